The van der Waals surface area contributed by atoms with Gasteiger partial charge in [-0.15, -0.1) is 10.2 Å². The van der Waals surface area contributed by atoms with Gasteiger partial charge in [-0.25, -0.2) is 0 Å². The zero-order chi connectivity index (χ0) is 17.0. The molecule has 1 atom stereocenters. The molecule has 2 aromatic rings. The molecular formula is C15H18F3N3O2. The van der Waals surface area contributed by atoms with Gasteiger partial charge in [0, 0.05) is 6.54 Å². The highest BCUT2D eigenvalue weighted by Crippen LogP contribution is 2.21. The van der Waals surface area contributed by atoms with E-state index < -0.39 is 18.8 Å². The normalized spacial score (nSPS) is 13.5. The van der Waals surface area contributed by atoms with Gasteiger partial charge in [-0.3, -0.25) is 4.90 Å². The number of likely N-dealkylation sites (N-methyl/N-ethyl adjacent to an activating group) is 1. The fourth-order valence-corrected chi connectivity index (χ4v) is 2.09. The molecule has 0 saturated carbocycles. The van der Waals surface area contributed by atoms with E-state index in [1.54, 1.807) is 0 Å². The smallest absolute Gasteiger partial charge is 0.415 e. The summed E-state index contributed by atoms with van der Waals surface area (Å²) in [5.41, 5.74) is 2.14. The second-order valence-electron chi connectivity index (χ2n) is 5.45. The first kappa shape index (κ1) is 17.4. The van der Waals surface area contributed by atoms with E-state index in [2.05, 4.69) is 10.2 Å². The Morgan fingerprint density at radius 3 is 2.52 bits per heavy atom. The quantitative estimate of drug-likeness (QED) is 0.881. The van der Waals surface area contributed by atoms with E-state index in [-0.39, 0.29) is 12.4 Å². The lowest BCUT2D eigenvalue weighted by Crippen LogP contribution is -2.39. The topological polar surface area (TPSA) is 62.4 Å². The van der Waals surface area contributed by atoms with Crippen LogP contribution in [-0.2, 0) is 13.0 Å². The number of alkyl halides is 3. The van der Waals surface area contributed by atoms with E-state index in [0.717, 1.165) is 11.1 Å². The molecule has 0 radical (unpaired) electrons. The van der Waals surface area contributed by atoms with Crippen molar-refractivity contribution >= 4 is 0 Å². The maximum Gasteiger partial charge on any atom is 0.415 e. The van der Waals surface area contributed by atoms with E-state index in [4.69, 9.17) is 9.52 Å². The van der Waals surface area contributed by atoms with Crippen LogP contribution in [0, 0.1) is 6.92 Å². The maximum atomic E-state index is 12.3. The molecule has 0 aliphatic rings. The summed E-state index contributed by atoms with van der Waals surface area (Å²) in [4.78, 5) is 1.28. The van der Waals surface area contributed by atoms with Gasteiger partial charge in [-0.1, -0.05) is 24.3 Å². The van der Waals surface area contributed by atoms with Crippen LogP contribution in [-0.4, -0.2) is 46.1 Å². The monoisotopic (exact) mass is 329 g/mol. The van der Waals surface area contributed by atoms with Crippen molar-refractivity contribution in [2.24, 2.45) is 0 Å². The van der Waals surface area contributed by atoms with Gasteiger partial charge in [0.2, 0.25) is 11.8 Å². The van der Waals surface area contributed by atoms with E-state index in [0.29, 0.717) is 12.3 Å². The molecule has 8 heteroatoms. The van der Waals surface area contributed by atoms with Crippen molar-refractivity contribution in [3.63, 3.8) is 0 Å². The molecule has 1 aromatic heterocycles. The summed E-state index contributed by atoms with van der Waals surface area (Å²) in [7, 11) is 1.44. The Kier molecular flexibility index (Phi) is 5.38. The highest BCUT2D eigenvalue weighted by Gasteiger charge is 2.38. The number of aliphatic hydroxyl groups is 1. The third kappa shape index (κ3) is 5.04. The number of rotatable bonds is 6. The number of hydrogen-bond donors (Lipinski definition) is 1. The van der Waals surface area contributed by atoms with Crippen LogP contribution in [0.1, 0.15) is 22.9 Å². The minimum atomic E-state index is -4.64. The molecule has 0 fully saturated rings. The molecule has 5 nitrogen and oxygen atoms in total. The summed E-state index contributed by atoms with van der Waals surface area (Å²) in [6, 6.07) is 7.76. The van der Waals surface area contributed by atoms with Crippen LogP contribution in [0.4, 0.5) is 13.2 Å². The number of nitrogens with zero attached hydrogens (tertiary/aromatic N) is 3. The largest absolute Gasteiger partial charge is 0.424 e. The third-order valence-electron chi connectivity index (χ3n) is 3.38. The van der Waals surface area contributed by atoms with Crippen LogP contribution in [0.3, 0.4) is 0 Å². The highest BCUT2D eigenvalue weighted by molar-refractivity contribution is 5.27. The van der Waals surface area contributed by atoms with E-state index in [9.17, 15) is 13.2 Å². The number of benzene rings is 1. The van der Waals surface area contributed by atoms with Crippen molar-refractivity contribution in [1.29, 1.82) is 0 Å². The van der Waals surface area contributed by atoms with E-state index in [1.807, 2.05) is 31.2 Å². The fraction of sp³-hybridized carbons (Fsp3) is 0.467. The standard InChI is InChI=1S/C15H18F3N3O2/c1-10-5-3-4-6-11(10)7-13-19-20-14(23-13)9-21(2)8-12(22)15(16,17)18/h3-6,12,22H,7-9H2,1-2H3. The minimum Gasteiger partial charge on any atom is -0.424 e. The molecule has 0 bridgehead atoms. The van der Waals surface area contributed by atoms with Crippen LogP contribution >= 0.6 is 0 Å². The molecule has 23 heavy (non-hydrogen) atoms. The Labute approximate surface area is 131 Å². The summed E-state index contributed by atoms with van der Waals surface area (Å²) in [5, 5.41) is 16.8. The zero-order valence-electron chi connectivity index (χ0n) is 12.8. The van der Waals surface area contributed by atoms with Gasteiger partial charge in [-0.2, -0.15) is 13.2 Å². The van der Waals surface area contributed by atoms with Crippen molar-refractivity contribution in [2.45, 2.75) is 32.2 Å². The van der Waals surface area contributed by atoms with Crippen molar-refractivity contribution in [3.05, 3.63) is 47.2 Å². The third-order valence-corrected chi connectivity index (χ3v) is 3.38. The summed E-state index contributed by atoms with van der Waals surface area (Å²) < 4.78 is 42.4. The van der Waals surface area contributed by atoms with E-state index >= 15 is 0 Å². The Hall–Kier alpha value is -1.93. The second kappa shape index (κ2) is 7.10. The SMILES string of the molecule is Cc1ccccc1Cc1nnc(CN(C)CC(O)C(F)(F)F)o1. The Bertz CT molecular complexity index is 643. The van der Waals surface area contributed by atoms with Gasteiger partial charge < -0.3 is 9.52 Å². The van der Waals surface area contributed by atoms with E-state index in [1.165, 1.54) is 11.9 Å². The zero-order valence-corrected chi connectivity index (χ0v) is 12.8. The number of aryl methyl sites for hydroxylation is 1. The van der Waals surface area contributed by atoms with Gasteiger partial charge in [0.1, 0.15) is 0 Å². The molecule has 0 aliphatic carbocycles. The molecule has 0 aliphatic heterocycles. The summed E-state index contributed by atoms with van der Waals surface area (Å²) in [6.45, 7) is 1.45. The molecule has 1 unspecified atom stereocenters. The summed E-state index contributed by atoms with van der Waals surface area (Å²) in [5.74, 6) is 0.615. The molecule has 0 spiro atoms. The van der Waals surface area contributed by atoms with Crippen molar-refractivity contribution in [1.82, 2.24) is 15.1 Å². The molecule has 0 saturated heterocycles. The molecule has 2 rings (SSSR count). The minimum absolute atomic E-state index is 0.0356. The fourth-order valence-electron chi connectivity index (χ4n) is 2.09. The van der Waals surface area contributed by atoms with Crippen LogP contribution in [0.15, 0.2) is 28.7 Å². The maximum absolute atomic E-state index is 12.3. The molecule has 1 aromatic carbocycles. The van der Waals surface area contributed by atoms with Gasteiger partial charge in [0.25, 0.3) is 0 Å². The average Bonchev–Trinajstić information content (AvgIpc) is 2.87. The molecule has 1 heterocycles. The van der Waals surface area contributed by atoms with Gasteiger partial charge >= 0.3 is 6.18 Å². The van der Waals surface area contributed by atoms with Crippen molar-refractivity contribution < 1.29 is 22.7 Å². The predicted molar refractivity (Wildman–Crippen MR) is 76.7 cm³/mol. The molecule has 126 valence electrons. The van der Waals surface area contributed by atoms with Crippen molar-refractivity contribution in [2.75, 3.05) is 13.6 Å². The highest BCUT2D eigenvalue weighted by atomic mass is 19.4. The number of hydrogen-bond acceptors (Lipinski definition) is 5. The van der Waals surface area contributed by atoms with Gasteiger partial charge in [0.15, 0.2) is 6.10 Å². The predicted octanol–water partition coefficient (Wildman–Crippen LogP) is 2.32. The molecular weight excluding hydrogens is 311 g/mol. The van der Waals surface area contributed by atoms with Crippen LogP contribution in [0.2, 0.25) is 0 Å². The lowest BCUT2D eigenvalue weighted by Gasteiger charge is -2.20. The summed E-state index contributed by atoms with van der Waals surface area (Å²) >= 11 is 0. The Balaban J connectivity index is 1.93. The number of halogens is 3. The molecule has 1 N–H and O–H groups in total. The Morgan fingerprint density at radius 1 is 1.22 bits per heavy atom. The lowest BCUT2D eigenvalue weighted by atomic mass is 10.1. The van der Waals surface area contributed by atoms with Crippen LogP contribution < -0.4 is 0 Å². The number of aliphatic hydroxyl groups excluding tert-OH is 1. The van der Waals surface area contributed by atoms with Gasteiger partial charge in [-0.05, 0) is 25.1 Å². The Morgan fingerprint density at radius 2 is 1.87 bits per heavy atom. The first-order valence-corrected chi connectivity index (χ1v) is 7.05. The lowest BCUT2D eigenvalue weighted by molar-refractivity contribution is -0.207. The summed E-state index contributed by atoms with van der Waals surface area (Å²) in [6.07, 6.45) is -6.57. The number of aromatic nitrogens is 2. The van der Waals surface area contributed by atoms with Gasteiger partial charge in [0.05, 0.1) is 13.0 Å². The second-order valence-corrected chi connectivity index (χ2v) is 5.45. The average molecular weight is 329 g/mol. The first-order chi connectivity index (χ1) is 10.8. The van der Waals surface area contributed by atoms with Crippen LogP contribution in [0.25, 0.3) is 0 Å². The first-order valence-electron chi connectivity index (χ1n) is 7.05. The van der Waals surface area contributed by atoms with Crippen LogP contribution in [0.5, 0.6) is 0 Å². The molecule has 0 amide bonds. The van der Waals surface area contributed by atoms with Crippen molar-refractivity contribution in [3.8, 4) is 0 Å².